The number of anilines is 2. The van der Waals surface area contributed by atoms with Crippen molar-refractivity contribution in [3.63, 3.8) is 0 Å². The quantitative estimate of drug-likeness (QED) is 0.650. The Morgan fingerprint density at radius 3 is 2.95 bits per heavy atom. The Hall–Kier alpha value is -1.01. The molecular weight excluding hydrogens is 260 g/mol. The summed E-state index contributed by atoms with van der Waals surface area (Å²) in [5.41, 5.74) is -0.624. The molecule has 0 aromatic carbocycles. The summed E-state index contributed by atoms with van der Waals surface area (Å²) in [5.74, 6) is 1.75. The molecule has 0 bridgehead atoms. The molecule has 0 spiro atoms. The van der Waals surface area contributed by atoms with Crippen LogP contribution in [-0.2, 0) is 0 Å². The van der Waals surface area contributed by atoms with E-state index >= 15 is 0 Å². The molecule has 19 heavy (non-hydrogen) atoms. The Kier molecular flexibility index (Phi) is 4.52. The van der Waals surface area contributed by atoms with Gasteiger partial charge in [0.25, 0.3) is 0 Å². The topological polar surface area (TPSA) is 61.3 Å². The number of thioether (sulfide) groups is 1. The van der Waals surface area contributed by atoms with E-state index in [9.17, 15) is 5.11 Å². The van der Waals surface area contributed by atoms with Crippen molar-refractivity contribution < 1.29 is 5.11 Å². The fourth-order valence-corrected chi connectivity index (χ4v) is 2.73. The van der Waals surface area contributed by atoms with Crippen LogP contribution in [0.3, 0.4) is 0 Å². The molecule has 1 aromatic rings. The molecule has 0 radical (unpaired) electrons. The smallest absolute Gasteiger partial charge is 0.191 e. The Balaban J connectivity index is 2.25. The van der Waals surface area contributed by atoms with E-state index in [1.54, 1.807) is 0 Å². The molecule has 6 heteroatoms. The second-order valence-corrected chi connectivity index (χ2v) is 5.92. The molecule has 5 nitrogen and oxygen atoms in total. The second-order valence-electron chi connectivity index (χ2n) is 5.15. The summed E-state index contributed by atoms with van der Waals surface area (Å²) >= 11 is 1.54. The highest BCUT2D eigenvalue weighted by atomic mass is 32.2. The van der Waals surface area contributed by atoms with Crippen molar-refractivity contribution >= 4 is 23.4 Å². The van der Waals surface area contributed by atoms with Gasteiger partial charge >= 0.3 is 0 Å². The van der Waals surface area contributed by atoms with Crippen molar-refractivity contribution in [3.05, 3.63) is 6.07 Å². The maximum atomic E-state index is 10.2. The minimum atomic E-state index is -0.624. The lowest BCUT2D eigenvalue weighted by atomic mass is 9.95. The molecule has 0 saturated carbocycles. The summed E-state index contributed by atoms with van der Waals surface area (Å²) in [5, 5.41) is 14.2. The van der Waals surface area contributed by atoms with Gasteiger partial charge in [0.15, 0.2) is 5.16 Å². The van der Waals surface area contributed by atoms with Gasteiger partial charge in [-0.2, -0.15) is 0 Å². The van der Waals surface area contributed by atoms with E-state index in [2.05, 4.69) is 20.2 Å². The second kappa shape index (κ2) is 5.96. The van der Waals surface area contributed by atoms with Crippen LogP contribution in [0, 0.1) is 0 Å². The lowest BCUT2D eigenvalue weighted by Crippen LogP contribution is -2.46. The molecule has 1 atom stereocenters. The van der Waals surface area contributed by atoms with Crippen LogP contribution in [0.15, 0.2) is 11.2 Å². The molecule has 0 amide bonds. The SMILES string of the molecule is CCNc1cc(N2CCCC(C)(O)C2)nc(SC)n1. The summed E-state index contributed by atoms with van der Waals surface area (Å²) < 4.78 is 0. The molecule has 0 aliphatic carbocycles. The summed E-state index contributed by atoms with van der Waals surface area (Å²) in [4.78, 5) is 11.1. The van der Waals surface area contributed by atoms with Gasteiger partial charge < -0.3 is 15.3 Å². The molecular formula is C13H22N4OS. The zero-order valence-electron chi connectivity index (χ0n) is 11.8. The van der Waals surface area contributed by atoms with Crippen molar-refractivity contribution in [1.82, 2.24) is 9.97 Å². The molecule has 2 N–H and O–H groups in total. The van der Waals surface area contributed by atoms with Crippen molar-refractivity contribution in [2.45, 2.75) is 37.4 Å². The molecule has 106 valence electrons. The van der Waals surface area contributed by atoms with Crippen molar-refractivity contribution in [2.75, 3.05) is 36.1 Å². The van der Waals surface area contributed by atoms with E-state index in [0.29, 0.717) is 6.54 Å². The number of nitrogens with one attached hydrogen (secondary N) is 1. The summed E-state index contributed by atoms with van der Waals surface area (Å²) in [7, 11) is 0. The summed E-state index contributed by atoms with van der Waals surface area (Å²) in [6.45, 7) is 6.34. The first-order valence-corrected chi connectivity index (χ1v) is 7.91. The monoisotopic (exact) mass is 282 g/mol. The van der Waals surface area contributed by atoms with Gasteiger partial charge in [-0.15, -0.1) is 0 Å². The highest BCUT2D eigenvalue weighted by molar-refractivity contribution is 7.98. The minimum absolute atomic E-state index is 0.624. The number of aliphatic hydroxyl groups is 1. The Labute approximate surface area is 118 Å². The highest BCUT2D eigenvalue weighted by Gasteiger charge is 2.29. The molecule has 1 unspecified atom stereocenters. The molecule has 1 aromatic heterocycles. The predicted octanol–water partition coefficient (Wildman–Crippen LogP) is 1.98. The van der Waals surface area contributed by atoms with Gasteiger partial charge in [0.05, 0.1) is 5.60 Å². The number of piperidine rings is 1. The van der Waals surface area contributed by atoms with Gasteiger partial charge in [0.2, 0.25) is 0 Å². The largest absolute Gasteiger partial charge is 0.388 e. The zero-order valence-corrected chi connectivity index (χ0v) is 12.6. The van der Waals surface area contributed by atoms with Gasteiger partial charge in [0.1, 0.15) is 11.6 Å². The molecule has 1 saturated heterocycles. The van der Waals surface area contributed by atoms with Gasteiger partial charge in [-0.25, -0.2) is 9.97 Å². The fourth-order valence-electron chi connectivity index (χ4n) is 2.35. The maximum Gasteiger partial charge on any atom is 0.191 e. The number of rotatable bonds is 4. The summed E-state index contributed by atoms with van der Waals surface area (Å²) in [6.07, 6.45) is 3.81. The fraction of sp³-hybridized carbons (Fsp3) is 0.692. The predicted molar refractivity (Wildman–Crippen MR) is 80.0 cm³/mol. The highest BCUT2D eigenvalue weighted by Crippen LogP contribution is 2.27. The van der Waals surface area contributed by atoms with E-state index < -0.39 is 5.60 Å². The van der Waals surface area contributed by atoms with Crippen LogP contribution in [0.5, 0.6) is 0 Å². The van der Waals surface area contributed by atoms with Crippen molar-refractivity contribution in [3.8, 4) is 0 Å². The normalized spacial score (nSPS) is 23.5. The van der Waals surface area contributed by atoms with Crippen LogP contribution in [0.2, 0.25) is 0 Å². The first-order chi connectivity index (χ1) is 9.04. The summed E-state index contributed by atoms with van der Waals surface area (Å²) in [6, 6.07) is 1.96. The van der Waals surface area contributed by atoms with Gasteiger partial charge in [0, 0.05) is 25.7 Å². The molecule has 1 fully saturated rings. The first kappa shape index (κ1) is 14.4. The molecule has 1 aliphatic rings. The van der Waals surface area contributed by atoms with Crippen LogP contribution < -0.4 is 10.2 Å². The van der Waals surface area contributed by atoms with Crippen LogP contribution >= 0.6 is 11.8 Å². The lowest BCUT2D eigenvalue weighted by Gasteiger charge is -2.37. The average Bonchev–Trinajstić information content (AvgIpc) is 2.37. The van der Waals surface area contributed by atoms with Crippen LogP contribution in [0.1, 0.15) is 26.7 Å². The van der Waals surface area contributed by atoms with Crippen molar-refractivity contribution in [2.24, 2.45) is 0 Å². The number of aromatic nitrogens is 2. The van der Waals surface area contributed by atoms with Gasteiger partial charge in [-0.1, -0.05) is 11.8 Å². The van der Waals surface area contributed by atoms with E-state index in [-0.39, 0.29) is 0 Å². The average molecular weight is 282 g/mol. The van der Waals surface area contributed by atoms with E-state index in [1.807, 2.05) is 26.2 Å². The van der Waals surface area contributed by atoms with E-state index in [0.717, 1.165) is 42.7 Å². The molecule has 2 heterocycles. The Bertz CT molecular complexity index is 439. The minimum Gasteiger partial charge on any atom is -0.388 e. The van der Waals surface area contributed by atoms with Crippen molar-refractivity contribution in [1.29, 1.82) is 0 Å². The van der Waals surface area contributed by atoms with Gasteiger partial charge in [-0.3, -0.25) is 0 Å². The van der Waals surface area contributed by atoms with Crippen LogP contribution in [0.25, 0.3) is 0 Å². The van der Waals surface area contributed by atoms with E-state index in [1.165, 1.54) is 11.8 Å². The van der Waals surface area contributed by atoms with E-state index in [4.69, 9.17) is 0 Å². The number of hydrogen-bond donors (Lipinski definition) is 2. The standard InChI is InChI=1S/C13H22N4OS/c1-4-14-10-8-11(16-12(15-10)19-3)17-7-5-6-13(2,18)9-17/h8,18H,4-7,9H2,1-3H3,(H,14,15,16). The zero-order chi connectivity index (χ0) is 13.9. The third-order valence-corrected chi connectivity index (χ3v) is 3.78. The maximum absolute atomic E-state index is 10.2. The van der Waals surface area contributed by atoms with Gasteiger partial charge in [-0.05, 0) is 32.9 Å². The number of nitrogens with zero attached hydrogens (tertiary/aromatic N) is 3. The van der Waals surface area contributed by atoms with Crippen LogP contribution in [-0.4, -0.2) is 46.6 Å². The number of β-amino-alcohol motifs (C(OH)–C–C–N with tert-alkyl or cyclic N) is 1. The molecule has 1 aliphatic heterocycles. The Morgan fingerprint density at radius 2 is 2.32 bits per heavy atom. The first-order valence-electron chi connectivity index (χ1n) is 6.68. The third-order valence-electron chi connectivity index (χ3n) is 3.23. The number of hydrogen-bond acceptors (Lipinski definition) is 6. The molecule has 2 rings (SSSR count). The lowest BCUT2D eigenvalue weighted by molar-refractivity contribution is 0.0446. The van der Waals surface area contributed by atoms with Crippen LogP contribution in [0.4, 0.5) is 11.6 Å². The third kappa shape index (κ3) is 3.73. The Morgan fingerprint density at radius 1 is 1.53 bits per heavy atom.